The van der Waals surface area contributed by atoms with E-state index in [0.29, 0.717) is 5.56 Å². The minimum Gasteiger partial charge on any atom is -0.343 e. The van der Waals surface area contributed by atoms with Crippen molar-refractivity contribution in [2.24, 2.45) is 0 Å². The molecular weight excluding hydrogens is 392 g/mol. The van der Waals surface area contributed by atoms with Gasteiger partial charge in [-0.3, -0.25) is 19.9 Å². The zero-order valence-electron chi connectivity index (χ0n) is 17.6. The zero-order chi connectivity index (χ0) is 21.2. The van der Waals surface area contributed by atoms with E-state index >= 15 is 0 Å². The molecule has 0 saturated carbocycles. The van der Waals surface area contributed by atoms with E-state index in [0.717, 1.165) is 75.6 Å². The molecule has 0 spiro atoms. The van der Waals surface area contributed by atoms with Crippen LogP contribution < -0.4 is 15.6 Å². The van der Waals surface area contributed by atoms with Gasteiger partial charge in [-0.05, 0) is 43.0 Å². The molecular formula is C23H28N6O2. The first kappa shape index (κ1) is 20.0. The van der Waals surface area contributed by atoms with Crippen molar-refractivity contribution >= 4 is 23.3 Å². The Labute approximate surface area is 182 Å². The summed E-state index contributed by atoms with van der Waals surface area (Å²) in [5.74, 6) is 0.926. The monoisotopic (exact) mass is 420 g/mol. The van der Waals surface area contributed by atoms with Crippen molar-refractivity contribution in [3.63, 3.8) is 0 Å². The first-order valence-electron chi connectivity index (χ1n) is 11.1. The van der Waals surface area contributed by atoms with E-state index in [1.807, 2.05) is 41.5 Å². The van der Waals surface area contributed by atoms with Crippen molar-refractivity contribution in [3.8, 4) is 0 Å². The number of hydrazine groups is 1. The maximum absolute atomic E-state index is 12.5. The summed E-state index contributed by atoms with van der Waals surface area (Å²) in [4.78, 5) is 34.0. The number of piperazine rings is 1. The van der Waals surface area contributed by atoms with Crippen LogP contribution in [0.25, 0.3) is 0 Å². The highest BCUT2D eigenvalue weighted by Crippen LogP contribution is 2.34. The largest absolute Gasteiger partial charge is 0.343 e. The average molecular weight is 421 g/mol. The molecule has 0 radical (unpaired) electrons. The Balaban J connectivity index is 1.17. The van der Waals surface area contributed by atoms with Crippen LogP contribution in [0, 0.1) is 0 Å². The standard InChI is InChI=1S/C23H28N6O2/c30-22(18-6-2-1-3-7-18)26-28-12-10-27(11-13-28)16-17-14-19-21(24-15-17)29-9-5-4-8-20(29)23(31)25-19/h1-3,6-7,14-15,20H,4-5,8-13,16H2,(H,25,31)(H,26,30). The van der Waals surface area contributed by atoms with Crippen LogP contribution in [0.2, 0.25) is 0 Å². The molecule has 3 aliphatic heterocycles. The molecule has 0 aliphatic carbocycles. The molecule has 2 N–H and O–H groups in total. The Morgan fingerprint density at radius 1 is 1.10 bits per heavy atom. The maximum atomic E-state index is 12.5. The van der Waals surface area contributed by atoms with Crippen LogP contribution in [0.3, 0.4) is 0 Å². The first-order chi connectivity index (χ1) is 15.2. The topological polar surface area (TPSA) is 80.8 Å². The summed E-state index contributed by atoms with van der Waals surface area (Å²) in [6.07, 6.45) is 5.04. The zero-order valence-corrected chi connectivity index (χ0v) is 17.6. The Morgan fingerprint density at radius 3 is 2.71 bits per heavy atom. The van der Waals surface area contributed by atoms with Crippen molar-refractivity contribution < 1.29 is 9.59 Å². The van der Waals surface area contributed by atoms with Crippen molar-refractivity contribution in [3.05, 3.63) is 53.7 Å². The summed E-state index contributed by atoms with van der Waals surface area (Å²) >= 11 is 0. The van der Waals surface area contributed by atoms with Crippen LogP contribution in [0.1, 0.15) is 35.2 Å². The van der Waals surface area contributed by atoms with Crippen LogP contribution in [0.4, 0.5) is 11.5 Å². The van der Waals surface area contributed by atoms with Crippen molar-refractivity contribution in [1.29, 1.82) is 0 Å². The third-order valence-electron chi connectivity index (χ3n) is 6.33. The number of carbonyl (C=O) groups excluding carboxylic acids is 2. The number of hydrogen-bond acceptors (Lipinski definition) is 6. The molecule has 2 fully saturated rings. The van der Waals surface area contributed by atoms with E-state index in [1.165, 1.54) is 0 Å². The number of fused-ring (bicyclic) bond motifs is 3. The molecule has 3 aliphatic rings. The number of aromatic nitrogens is 1. The van der Waals surface area contributed by atoms with Gasteiger partial charge >= 0.3 is 0 Å². The average Bonchev–Trinajstić information content (AvgIpc) is 2.81. The third-order valence-corrected chi connectivity index (χ3v) is 6.33. The van der Waals surface area contributed by atoms with Crippen molar-refractivity contribution in [2.45, 2.75) is 31.8 Å². The van der Waals surface area contributed by atoms with Gasteiger partial charge in [-0.1, -0.05) is 18.2 Å². The van der Waals surface area contributed by atoms with Gasteiger partial charge in [0.1, 0.15) is 6.04 Å². The van der Waals surface area contributed by atoms with Gasteiger partial charge in [-0.25, -0.2) is 9.99 Å². The number of benzene rings is 1. The summed E-state index contributed by atoms with van der Waals surface area (Å²) in [7, 11) is 0. The smallest absolute Gasteiger partial charge is 0.265 e. The minimum atomic E-state index is -0.0706. The highest BCUT2D eigenvalue weighted by atomic mass is 16.2. The molecule has 2 amide bonds. The number of carbonyl (C=O) groups is 2. The van der Waals surface area contributed by atoms with Gasteiger partial charge in [0.05, 0.1) is 5.69 Å². The lowest BCUT2D eigenvalue weighted by Gasteiger charge is -2.40. The van der Waals surface area contributed by atoms with Crippen molar-refractivity contribution in [1.82, 2.24) is 20.3 Å². The van der Waals surface area contributed by atoms with Crippen LogP contribution >= 0.6 is 0 Å². The number of rotatable bonds is 4. The fourth-order valence-corrected chi connectivity index (χ4v) is 4.66. The summed E-state index contributed by atoms with van der Waals surface area (Å²) in [5.41, 5.74) is 5.59. The lowest BCUT2D eigenvalue weighted by atomic mass is 9.99. The van der Waals surface area contributed by atoms with Gasteiger partial charge in [0.25, 0.3) is 5.91 Å². The molecule has 1 aromatic heterocycles. The van der Waals surface area contributed by atoms with E-state index in [2.05, 4.69) is 26.6 Å². The third kappa shape index (κ3) is 4.26. The predicted octanol–water partition coefficient (Wildman–Crippen LogP) is 1.86. The number of pyridine rings is 1. The Bertz CT molecular complexity index is 958. The minimum absolute atomic E-state index is 0.0697. The number of amides is 2. The molecule has 31 heavy (non-hydrogen) atoms. The Morgan fingerprint density at radius 2 is 1.90 bits per heavy atom. The van der Waals surface area contributed by atoms with E-state index in [9.17, 15) is 9.59 Å². The summed E-state index contributed by atoms with van der Waals surface area (Å²) in [5, 5.41) is 5.04. The van der Waals surface area contributed by atoms with Crippen LogP contribution in [0.5, 0.6) is 0 Å². The summed E-state index contributed by atoms with van der Waals surface area (Å²) < 4.78 is 0. The van der Waals surface area contributed by atoms with Gasteiger partial charge < -0.3 is 10.2 Å². The quantitative estimate of drug-likeness (QED) is 0.786. The number of nitrogens with zero attached hydrogens (tertiary/aromatic N) is 4. The first-order valence-corrected chi connectivity index (χ1v) is 11.1. The number of piperidine rings is 1. The fraction of sp³-hybridized carbons (Fsp3) is 0.435. The second-order valence-electron chi connectivity index (χ2n) is 8.48. The lowest BCUT2D eigenvalue weighted by molar-refractivity contribution is -0.118. The highest BCUT2D eigenvalue weighted by Gasteiger charge is 2.35. The molecule has 0 bridgehead atoms. The molecule has 1 aromatic carbocycles. The molecule has 1 atom stereocenters. The molecule has 5 rings (SSSR count). The van der Waals surface area contributed by atoms with Gasteiger partial charge in [0, 0.05) is 51.0 Å². The highest BCUT2D eigenvalue weighted by molar-refractivity contribution is 6.03. The van der Waals surface area contributed by atoms with E-state index < -0.39 is 0 Å². The summed E-state index contributed by atoms with van der Waals surface area (Å²) in [6.45, 7) is 4.92. The van der Waals surface area contributed by atoms with Gasteiger partial charge in [-0.2, -0.15) is 0 Å². The second kappa shape index (κ2) is 8.64. The van der Waals surface area contributed by atoms with E-state index in [4.69, 9.17) is 4.98 Å². The van der Waals surface area contributed by atoms with Crippen LogP contribution in [-0.4, -0.2) is 65.5 Å². The van der Waals surface area contributed by atoms with E-state index in [-0.39, 0.29) is 17.9 Å². The van der Waals surface area contributed by atoms with E-state index in [1.54, 1.807) is 0 Å². The molecule has 2 saturated heterocycles. The molecule has 4 heterocycles. The van der Waals surface area contributed by atoms with Crippen LogP contribution in [0.15, 0.2) is 42.6 Å². The Hall–Kier alpha value is -2.97. The second-order valence-corrected chi connectivity index (χ2v) is 8.48. The normalized spacial score (nSPS) is 21.7. The van der Waals surface area contributed by atoms with Crippen LogP contribution in [-0.2, 0) is 11.3 Å². The Kier molecular flexibility index (Phi) is 5.57. The lowest BCUT2D eigenvalue weighted by Crippen LogP contribution is -2.53. The maximum Gasteiger partial charge on any atom is 0.265 e. The predicted molar refractivity (Wildman–Crippen MR) is 119 cm³/mol. The van der Waals surface area contributed by atoms with Crippen molar-refractivity contribution in [2.75, 3.05) is 42.9 Å². The molecule has 8 heteroatoms. The molecule has 162 valence electrons. The summed E-state index contributed by atoms with van der Waals surface area (Å²) in [6, 6.07) is 11.3. The van der Waals surface area contributed by atoms with Gasteiger partial charge in [0.15, 0.2) is 5.82 Å². The van der Waals surface area contributed by atoms with Gasteiger partial charge in [0.2, 0.25) is 5.91 Å². The molecule has 1 unspecified atom stereocenters. The number of hydrogen-bond donors (Lipinski definition) is 2. The fourth-order valence-electron chi connectivity index (χ4n) is 4.66. The number of nitrogens with one attached hydrogen (secondary N) is 2. The van der Waals surface area contributed by atoms with Gasteiger partial charge in [-0.15, -0.1) is 0 Å². The number of anilines is 2. The SMILES string of the molecule is O=C(NN1CCN(Cc2cnc3c(c2)NC(=O)C2CCCCN32)CC1)c1ccccc1. The molecule has 2 aromatic rings. The molecule has 8 nitrogen and oxygen atoms in total.